The number of carbonyl (C=O) groups excluding carboxylic acids is 2. The van der Waals surface area contributed by atoms with Gasteiger partial charge in [-0.15, -0.1) is 0 Å². The Hall–Kier alpha value is -4.35. The van der Waals surface area contributed by atoms with Crippen molar-refractivity contribution in [2.75, 3.05) is 36.4 Å². The Bertz CT molecular complexity index is 1280. The smallest absolute Gasteiger partial charge is 0.347 e. The van der Waals surface area contributed by atoms with Crippen LogP contribution in [0, 0.1) is 11.3 Å². The molecule has 4 rings (SSSR count). The molecule has 3 aromatic rings. The zero-order chi connectivity index (χ0) is 25.8. The summed E-state index contributed by atoms with van der Waals surface area (Å²) < 4.78 is 0. The highest BCUT2D eigenvalue weighted by molar-refractivity contribution is 6.10. The monoisotopic (exact) mass is 482 g/mol. The lowest BCUT2D eigenvalue weighted by Crippen LogP contribution is -2.41. The summed E-state index contributed by atoms with van der Waals surface area (Å²) >= 11 is 0. The van der Waals surface area contributed by atoms with Gasteiger partial charge in [-0.25, -0.2) is 14.7 Å². The van der Waals surface area contributed by atoms with Crippen molar-refractivity contribution in [3.05, 3.63) is 89.5 Å². The molecule has 0 saturated carbocycles. The highest BCUT2D eigenvalue weighted by Crippen LogP contribution is 2.31. The molecule has 184 valence electrons. The molecule has 0 radical (unpaired) electrons. The minimum Gasteiger partial charge on any atom is -0.381 e. The summed E-state index contributed by atoms with van der Waals surface area (Å²) in [5.74, 6) is -0.308. The van der Waals surface area contributed by atoms with E-state index >= 15 is 0 Å². The summed E-state index contributed by atoms with van der Waals surface area (Å²) in [6.07, 6.45) is 0.233. The fourth-order valence-electron chi connectivity index (χ4n) is 4.44. The van der Waals surface area contributed by atoms with E-state index in [2.05, 4.69) is 11.4 Å². The Kier molecular flexibility index (Phi) is 7.23. The molecule has 1 heterocycles. The van der Waals surface area contributed by atoms with Crippen LogP contribution < -0.4 is 15.2 Å². The van der Waals surface area contributed by atoms with Crippen LogP contribution >= 0.6 is 0 Å². The minimum absolute atomic E-state index is 0.308. The van der Waals surface area contributed by atoms with Crippen molar-refractivity contribution in [1.29, 1.82) is 5.26 Å². The van der Waals surface area contributed by atoms with Crippen molar-refractivity contribution in [3.8, 4) is 6.07 Å². The second-order valence-electron chi connectivity index (χ2n) is 8.86. The summed E-state index contributed by atoms with van der Waals surface area (Å²) in [7, 11) is 5.65. The summed E-state index contributed by atoms with van der Waals surface area (Å²) in [5, 5.41) is 16.2. The lowest BCUT2D eigenvalue weighted by atomic mass is 10.1. The van der Waals surface area contributed by atoms with Crippen LogP contribution in [0.3, 0.4) is 0 Å². The molecule has 1 aliphatic heterocycles. The highest BCUT2D eigenvalue weighted by atomic mass is 16.2. The maximum atomic E-state index is 13.4. The third kappa shape index (κ3) is 4.74. The second-order valence-corrected chi connectivity index (χ2v) is 8.86. The number of benzene rings is 3. The van der Waals surface area contributed by atoms with Gasteiger partial charge in [-0.2, -0.15) is 10.3 Å². The zero-order valence-corrected chi connectivity index (χ0v) is 21.0. The van der Waals surface area contributed by atoms with Crippen LogP contribution in [-0.2, 0) is 6.54 Å². The number of nitrogens with one attached hydrogen (secondary N) is 1. The number of anilines is 3. The van der Waals surface area contributed by atoms with E-state index in [1.807, 2.05) is 81.5 Å². The first-order valence-electron chi connectivity index (χ1n) is 11.9. The highest BCUT2D eigenvalue weighted by Gasteiger charge is 2.45. The van der Waals surface area contributed by atoms with E-state index in [0.29, 0.717) is 29.8 Å². The van der Waals surface area contributed by atoms with Crippen molar-refractivity contribution < 1.29 is 9.59 Å². The molecule has 1 unspecified atom stereocenters. The van der Waals surface area contributed by atoms with E-state index in [4.69, 9.17) is 0 Å². The van der Waals surface area contributed by atoms with Crippen LogP contribution in [0.25, 0.3) is 0 Å². The summed E-state index contributed by atoms with van der Waals surface area (Å²) in [6.45, 7) is 2.51. The van der Waals surface area contributed by atoms with E-state index in [9.17, 15) is 14.9 Å². The number of carbonyl (C=O) groups is 2. The Labute approximate surface area is 211 Å². The van der Waals surface area contributed by atoms with E-state index in [-0.39, 0.29) is 18.1 Å². The predicted octanol–water partition coefficient (Wildman–Crippen LogP) is 4.90. The molecule has 3 aromatic carbocycles. The lowest BCUT2D eigenvalue weighted by Gasteiger charge is -2.26. The minimum atomic E-state index is -0.373. The lowest BCUT2D eigenvalue weighted by molar-refractivity contribution is 0.0695. The fourth-order valence-corrected chi connectivity index (χ4v) is 4.44. The largest absolute Gasteiger partial charge is 0.381 e. The number of nitriles is 1. The number of nitrogens with zero attached hydrogens (tertiary/aromatic N) is 5. The van der Waals surface area contributed by atoms with Crippen LogP contribution in [0.5, 0.6) is 0 Å². The topological polar surface area (TPSA) is 82.9 Å². The predicted molar refractivity (Wildman–Crippen MR) is 142 cm³/mol. The molecule has 0 bridgehead atoms. The molecule has 8 nitrogen and oxygen atoms in total. The first-order valence-corrected chi connectivity index (χ1v) is 11.9. The van der Waals surface area contributed by atoms with Gasteiger partial charge >= 0.3 is 6.03 Å². The molecule has 1 fully saturated rings. The quantitative estimate of drug-likeness (QED) is 0.516. The molecule has 1 saturated heterocycles. The van der Waals surface area contributed by atoms with E-state index in [1.165, 1.54) is 9.91 Å². The average molecular weight is 483 g/mol. The number of hydrogen-bond donors (Lipinski definition) is 1. The van der Waals surface area contributed by atoms with Crippen molar-refractivity contribution in [1.82, 2.24) is 9.91 Å². The van der Waals surface area contributed by atoms with Gasteiger partial charge in [0, 0.05) is 38.9 Å². The van der Waals surface area contributed by atoms with Crippen molar-refractivity contribution >= 4 is 29.0 Å². The van der Waals surface area contributed by atoms with Crippen molar-refractivity contribution in [3.63, 3.8) is 0 Å². The molecule has 1 N–H and O–H groups in total. The number of imide groups is 1. The average Bonchev–Trinajstić information content (AvgIpc) is 3.16. The SMILES string of the molecule is CCC1N(C(=O)c2ccccc2)C(=O)N(c2ccc(NCc3ccc(N(C)C)c(C#N)c3)cc2)N1C. The molecule has 0 aliphatic carbocycles. The molecule has 0 aromatic heterocycles. The third-order valence-corrected chi connectivity index (χ3v) is 6.31. The number of hydrogen-bond acceptors (Lipinski definition) is 6. The Morgan fingerprint density at radius 1 is 1.06 bits per heavy atom. The maximum Gasteiger partial charge on any atom is 0.347 e. The first kappa shape index (κ1) is 24.8. The van der Waals surface area contributed by atoms with E-state index in [1.54, 1.807) is 29.3 Å². The van der Waals surface area contributed by atoms with Crippen molar-refractivity contribution in [2.24, 2.45) is 0 Å². The second kappa shape index (κ2) is 10.5. The number of amides is 3. The number of urea groups is 1. The molecule has 1 atom stereocenters. The number of hydrazine groups is 1. The van der Waals surface area contributed by atoms with Crippen molar-refractivity contribution in [2.45, 2.75) is 26.1 Å². The zero-order valence-electron chi connectivity index (χ0n) is 21.0. The molecule has 3 amide bonds. The molecule has 36 heavy (non-hydrogen) atoms. The van der Waals surface area contributed by atoms with Gasteiger partial charge in [-0.05, 0) is 60.5 Å². The molecule has 8 heteroatoms. The van der Waals surface area contributed by atoms with Gasteiger partial charge in [0.1, 0.15) is 12.2 Å². The normalized spacial score (nSPS) is 15.6. The molecular formula is C28H30N6O2. The molecular weight excluding hydrogens is 452 g/mol. The van der Waals surface area contributed by atoms with Gasteiger partial charge in [0.2, 0.25) is 0 Å². The van der Waals surface area contributed by atoms with Crippen LogP contribution in [-0.4, -0.2) is 49.2 Å². The Morgan fingerprint density at radius 2 is 1.75 bits per heavy atom. The molecule has 0 spiro atoms. The Balaban J connectivity index is 1.48. The Morgan fingerprint density at radius 3 is 2.36 bits per heavy atom. The summed E-state index contributed by atoms with van der Waals surface area (Å²) in [5.41, 5.74) is 4.55. The van der Waals surface area contributed by atoms with Gasteiger partial charge in [-0.1, -0.05) is 31.2 Å². The van der Waals surface area contributed by atoms with E-state index in [0.717, 1.165) is 16.9 Å². The van der Waals surface area contributed by atoms with Crippen LogP contribution in [0.15, 0.2) is 72.8 Å². The van der Waals surface area contributed by atoms with Gasteiger partial charge in [0.15, 0.2) is 0 Å². The van der Waals surface area contributed by atoms with Gasteiger partial charge < -0.3 is 10.2 Å². The van der Waals surface area contributed by atoms with Gasteiger partial charge in [-0.3, -0.25) is 4.79 Å². The number of rotatable bonds is 7. The molecule has 1 aliphatic rings. The fraction of sp³-hybridized carbons (Fsp3) is 0.250. The van der Waals surface area contributed by atoms with E-state index < -0.39 is 0 Å². The van der Waals surface area contributed by atoms with Gasteiger partial charge in [0.25, 0.3) is 5.91 Å². The van der Waals surface area contributed by atoms with Gasteiger partial charge in [0.05, 0.1) is 16.9 Å². The van der Waals surface area contributed by atoms with Crippen LogP contribution in [0.2, 0.25) is 0 Å². The van der Waals surface area contributed by atoms with Crippen LogP contribution in [0.4, 0.5) is 21.9 Å². The third-order valence-electron chi connectivity index (χ3n) is 6.31. The van der Waals surface area contributed by atoms with Crippen LogP contribution in [0.1, 0.15) is 34.8 Å². The summed E-state index contributed by atoms with van der Waals surface area (Å²) in [6, 6.07) is 24.1. The summed E-state index contributed by atoms with van der Waals surface area (Å²) in [4.78, 5) is 29.8. The first-order chi connectivity index (χ1) is 17.3. The standard InChI is InChI=1S/C28H30N6O2/c1-5-26-32(4)34(28(36)33(26)27(35)21-9-7-6-8-10-21)24-14-12-23(13-15-24)30-19-20-11-16-25(31(2)3)22(17-20)18-29/h6-17,26,30H,5,19H2,1-4H3. The maximum absolute atomic E-state index is 13.4.